The van der Waals surface area contributed by atoms with E-state index in [1.54, 1.807) is 14.1 Å². The van der Waals surface area contributed by atoms with Gasteiger partial charge in [0.1, 0.15) is 0 Å². The maximum absolute atomic E-state index is 4.85. The first kappa shape index (κ1) is 10.2. The molecule has 0 N–H and O–H groups in total. The van der Waals surface area contributed by atoms with Gasteiger partial charge in [0, 0.05) is 0 Å². The molecular weight excluding hydrogens is 210 g/mol. The van der Waals surface area contributed by atoms with Crippen molar-refractivity contribution in [2.24, 2.45) is 0 Å². The SMILES string of the molecule is C[N-]C.[Cl][Ru][Cl]. The van der Waals surface area contributed by atoms with Gasteiger partial charge in [0.15, 0.2) is 0 Å². The van der Waals surface area contributed by atoms with Crippen LogP contribution in [-0.4, -0.2) is 14.1 Å². The van der Waals surface area contributed by atoms with E-state index in [1.807, 2.05) is 0 Å². The zero-order valence-electron chi connectivity index (χ0n) is 3.56. The van der Waals surface area contributed by atoms with Crippen LogP contribution in [0.25, 0.3) is 5.32 Å². The number of rotatable bonds is 0. The Morgan fingerprint density at radius 2 is 1.33 bits per heavy atom. The molecule has 0 unspecified atom stereocenters. The van der Waals surface area contributed by atoms with Gasteiger partial charge in [-0.25, -0.2) is 0 Å². The molecule has 6 heavy (non-hydrogen) atoms. The van der Waals surface area contributed by atoms with Gasteiger partial charge in [-0.2, -0.15) is 14.1 Å². The van der Waals surface area contributed by atoms with Crippen molar-refractivity contribution in [3.8, 4) is 0 Å². The topological polar surface area (TPSA) is 14.1 Å². The predicted octanol–water partition coefficient (Wildman–Crippen LogP) is 2.00. The van der Waals surface area contributed by atoms with Crippen LogP contribution in [0, 0.1) is 0 Å². The number of nitrogens with zero attached hydrogens (tertiary/aromatic N) is 1. The first-order valence-electron chi connectivity index (χ1n) is 1.16. The van der Waals surface area contributed by atoms with Crippen molar-refractivity contribution < 1.29 is 15.1 Å². The molecule has 0 bridgehead atoms. The fraction of sp³-hybridized carbons (Fsp3) is 1.00. The van der Waals surface area contributed by atoms with E-state index < -0.39 is 0 Å². The molecule has 0 aromatic carbocycles. The molecule has 0 aromatic rings. The van der Waals surface area contributed by atoms with Gasteiger partial charge in [0.25, 0.3) is 0 Å². The average molecular weight is 216 g/mol. The molecule has 0 rings (SSSR count). The van der Waals surface area contributed by atoms with Crippen molar-refractivity contribution in [3.05, 3.63) is 5.32 Å². The van der Waals surface area contributed by atoms with E-state index in [4.69, 9.17) is 19.4 Å². The molecule has 0 radical (unpaired) electrons. The second-order valence-electron chi connectivity index (χ2n) is 0.498. The van der Waals surface area contributed by atoms with Gasteiger partial charge in [0.2, 0.25) is 0 Å². The van der Waals surface area contributed by atoms with E-state index in [-0.39, 0.29) is 15.1 Å². The van der Waals surface area contributed by atoms with Gasteiger partial charge < -0.3 is 5.32 Å². The number of hydrogen-bond acceptors (Lipinski definition) is 0. The Hall–Kier alpha value is 1.16. The first-order chi connectivity index (χ1) is 2.83. The summed E-state index contributed by atoms with van der Waals surface area (Å²) >= 11 is -0.346. The molecular formula is C2H6Cl2NRu-. The molecule has 0 aromatic heterocycles. The first-order valence-corrected chi connectivity index (χ1v) is 5.64. The van der Waals surface area contributed by atoms with Gasteiger partial charge >= 0.3 is 34.5 Å². The maximum atomic E-state index is 4.85. The molecule has 0 saturated heterocycles. The summed E-state index contributed by atoms with van der Waals surface area (Å²) in [5, 5.41) is 3.50. The molecule has 1 nitrogen and oxygen atoms in total. The Balaban J connectivity index is 0. The van der Waals surface area contributed by atoms with Crippen LogP contribution in [0.4, 0.5) is 0 Å². The van der Waals surface area contributed by atoms with Crippen molar-refractivity contribution in [3.63, 3.8) is 0 Å². The molecule has 42 valence electrons. The Kier molecular flexibility index (Phi) is 27.9. The quantitative estimate of drug-likeness (QED) is 0.550. The molecule has 0 atom stereocenters. The Morgan fingerprint density at radius 3 is 1.33 bits per heavy atom. The van der Waals surface area contributed by atoms with Gasteiger partial charge in [-0.3, -0.25) is 0 Å². The van der Waals surface area contributed by atoms with Crippen LogP contribution < -0.4 is 0 Å². The minimum absolute atomic E-state index is 0.346. The number of hydrogen-bond donors (Lipinski definition) is 0. The summed E-state index contributed by atoms with van der Waals surface area (Å²) in [6.07, 6.45) is 0. The summed E-state index contributed by atoms with van der Waals surface area (Å²) in [6.45, 7) is 0. The van der Waals surface area contributed by atoms with Crippen molar-refractivity contribution in [2.75, 3.05) is 14.1 Å². The fourth-order valence-electron chi connectivity index (χ4n) is 0. The van der Waals surface area contributed by atoms with E-state index in [1.165, 1.54) is 0 Å². The van der Waals surface area contributed by atoms with Crippen LogP contribution in [0.3, 0.4) is 0 Å². The van der Waals surface area contributed by atoms with Gasteiger partial charge in [-0.05, 0) is 0 Å². The molecule has 0 saturated carbocycles. The average Bonchev–Trinajstić information content (AvgIpc) is 1.39. The second kappa shape index (κ2) is 16.4. The second-order valence-corrected chi connectivity index (χ2v) is 3.14. The van der Waals surface area contributed by atoms with Crippen molar-refractivity contribution >= 4 is 19.4 Å². The molecule has 0 amide bonds. The summed E-state index contributed by atoms with van der Waals surface area (Å²) in [5.74, 6) is 0. The van der Waals surface area contributed by atoms with Crippen LogP contribution >= 0.6 is 19.4 Å². The zero-order chi connectivity index (χ0) is 5.41. The van der Waals surface area contributed by atoms with Crippen LogP contribution in [0.2, 0.25) is 0 Å². The van der Waals surface area contributed by atoms with Crippen LogP contribution in [-0.2, 0) is 15.1 Å². The third-order valence-electron chi connectivity index (χ3n) is 0. The van der Waals surface area contributed by atoms with Crippen molar-refractivity contribution in [1.29, 1.82) is 0 Å². The summed E-state index contributed by atoms with van der Waals surface area (Å²) < 4.78 is 0. The summed E-state index contributed by atoms with van der Waals surface area (Å²) in [5.41, 5.74) is 0. The van der Waals surface area contributed by atoms with E-state index in [2.05, 4.69) is 5.32 Å². The van der Waals surface area contributed by atoms with E-state index in [0.717, 1.165) is 0 Å². The van der Waals surface area contributed by atoms with Crippen molar-refractivity contribution in [2.45, 2.75) is 0 Å². The van der Waals surface area contributed by atoms with E-state index in [9.17, 15) is 0 Å². The Bertz CT molecular complexity index is 13.5. The molecule has 0 aliphatic heterocycles. The molecule has 0 aliphatic rings. The van der Waals surface area contributed by atoms with Crippen LogP contribution in [0.5, 0.6) is 0 Å². The summed E-state index contributed by atoms with van der Waals surface area (Å²) in [4.78, 5) is 0. The van der Waals surface area contributed by atoms with E-state index in [0.29, 0.717) is 0 Å². The van der Waals surface area contributed by atoms with Gasteiger partial charge in [-0.1, -0.05) is 0 Å². The minimum atomic E-state index is -0.346. The monoisotopic (exact) mass is 216 g/mol. The zero-order valence-corrected chi connectivity index (χ0v) is 6.81. The third-order valence-corrected chi connectivity index (χ3v) is 0. The number of halogens is 2. The third kappa shape index (κ3) is 66.1. The summed E-state index contributed by atoms with van der Waals surface area (Å²) in [7, 11) is 13.2. The molecule has 0 aliphatic carbocycles. The van der Waals surface area contributed by atoms with Gasteiger partial charge in [-0.15, -0.1) is 0 Å². The van der Waals surface area contributed by atoms with E-state index >= 15 is 0 Å². The van der Waals surface area contributed by atoms with Gasteiger partial charge in [0.05, 0.1) is 0 Å². The van der Waals surface area contributed by atoms with Crippen molar-refractivity contribution in [1.82, 2.24) is 0 Å². The predicted molar refractivity (Wildman–Crippen MR) is 26.9 cm³/mol. The van der Waals surface area contributed by atoms with Crippen LogP contribution in [0.1, 0.15) is 0 Å². The molecule has 0 heterocycles. The summed E-state index contributed by atoms with van der Waals surface area (Å²) in [6, 6.07) is 0. The molecule has 4 heteroatoms. The Morgan fingerprint density at radius 1 is 1.33 bits per heavy atom. The fourth-order valence-corrected chi connectivity index (χ4v) is 0. The Labute approximate surface area is 54.1 Å². The van der Waals surface area contributed by atoms with Crippen LogP contribution in [0.15, 0.2) is 0 Å². The molecule has 0 spiro atoms. The standard InChI is InChI=1S/C2H6N.2ClH.Ru/c1-3-2;;;/h1-2H3;2*1H;/q-1;;;+2/p-2. The normalized spacial score (nSPS) is 6.67. The molecule has 0 fully saturated rings.